The lowest BCUT2D eigenvalue weighted by molar-refractivity contribution is 0.791. The summed E-state index contributed by atoms with van der Waals surface area (Å²) in [6, 6.07) is 11.3. The molecule has 0 saturated heterocycles. The van der Waals surface area contributed by atoms with Crippen molar-refractivity contribution >= 4 is 33.2 Å². The predicted octanol–water partition coefficient (Wildman–Crippen LogP) is 3.64. The molecule has 7 heteroatoms. The summed E-state index contributed by atoms with van der Waals surface area (Å²) >= 11 is 9.65. The Bertz CT molecular complexity index is 815. The zero-order valence-corrected chi connectivity index (χ0v) is 13.4. The van der Waals surface area contributed by atoms with E-state index in [1.165, 1.54) is 0 Å². The second-order valence-electron chi connectivity index (χ2n) is 4.60. The van der Waals surface area contributed by atoms with Crippen LogP contribution in [0.25, 0.3) is 17.1 Å². The standard InChI is InChI=1S/C14H11BrClN5/c1-8-2-4-12(17)10(6-8)14-18-19-20-21(14)13-5-3-9(15)7-11(13)16/h2-7H,17H2,1H3. The van der Waals surface area contributed by atoms with Crippen molar-refractivity contribution in [3.05, 3.63) is 51.5 Å². The molecule has 0 atom stereocenters. The number of aromatic nitrogens is 4. The molecule has 3 rings (SSSR count). The van der Waals surface area contributed by atoms with Crippen LogP contribution in [0.3, 0.4) is 0 Å². The number of nitrogens with zero attached hydrogens (tertiary/aromatic N) is 4. The molecule has 0 unspecified atom stereocenters. The SMILES string of the molecule is Cc1ccc(N)c(-c2nnnn2-c2ccc(Br)cc2Cl)c1. The third-order valence-electron chi connectivity index (χ3n) is 3.06. The van der Waals surface area contributed by atoms with Crippen LogP contribution in [-0.4, -0.2) is 20.2 Å². The van der Waals surface area contributed by atoms with E-state index < -0.39 is 0 Å². The van der Waals surface area contributed by atoms with Crippen molar-refractivity contribution in [1.82, 2.24) is 20.2 Å². The number of anilines is 1. The second-order valence-corrected chi connectivity index (χ2v) is 5.92. The van der Waals surface area contributed by atoms with Crippen LogP contribution in [0.15, 0.2) is 40.9 Å². The first kappa shape index (κ1) is 14.0. The van der Waals surface area contributed by atoms with Crippen LogP contribution in [0, 0.1) is 6.92 Å². The third-order valence-corrected chi connectivity index (χ3v) is 3.85. The van der Waals surface area contributed by atoms with Gasteiger partial charge in [-0.2, -0.15) is 4.68 Å². The first-order valence-electron chi connectivity index (χ1n) is 6.16. The van der Waals surface area contributed by atoms with Gasteiger partial charge in [0.1, 0.15) is 0 Å². The van der Waals surface area contributed by atoms with Gasteiger partial charge < -0.3 is 5.73 Å². The zero-order valence-electron chi connectivity index (χ0n) is 11.1. The molecular formula is C14H11BrClN5. The zero-order chi connectivity index (χ0) is 15.0. The maximum absolute atomic E-state index is 6.27. The van der Waals surface area contributed by atoms with Gasteiger partial charge in [-0.25, -0.2) is 0 Å². The Morgan fingerprint density at radius 3 is 2.76 bits per heavy atom. The fourth-order valence-corrected chi connectivity index (χ4v) is 2.79. The molecule has 0 radical (unpaired) electrons. The maximum Gasteiger partial charge on any atom is 0.189 e. The molecule has 0 saturated carbocycles. The number of nitrogen functional groups attached to an aromatic ring is 1. The summed E-state index contributed by atoms with van der Waals surface area (Å²) < 4.78 is 2.47. The molecule has 0 aliphatic rings. The number of aryl methyl sites for hydroxylation is 1. The molecule has 3 aromatic rings. The highest BCUT2D eigenvalue weighted by molar-refractivity contribution is 9.10. The molecule has 106 valence electrons. The number of tetrazole rings is 1. The largest absolute Gasteiger partial charge is 0.398 e. The van der Waals surface area contributed by atoms with Gasteiger partial charge in [-0.05, 0) is 47.7 Å². The highest BCUT2D eigenvalue weighted by atomic mass is 79.9. The van der Waals surface area contributed by atoms with E-state index in [-0.39, 0.29) is 0 Å². The van der Waals surface area contributed by atoms with Crippen molar-refractivity contribution in [2.24, 2.45) is 0 Å². The average Bonchev–Trinajstić information content (AvgIpc) is 2.90. The topological polar surface area (TPSA) is 69.6 Å². The summed E-state index contributed by atoms with van der Waals surface area (Å²) in [5.74, 6) is 0.556. The fraction of sp³-hybridized carbons (Fsp3) is 0.0714. The number of hydrogen-bond acceptors (Lipinski definition) is 4. The molecule has 0 aliphatic carbocycles. The molecule has 21 heavy (non-hydrogen) atoms. The third kappa shape index (κ3) is 2.64. The van der Waals surface area contributed by atoms with Crippen LogP contribution >= 0.6 is 27.5 Å². The Kier molecular flexibility index (Phi) is 3.65. The van der Waals surface area contributed by atoms with Crippen molar-refractivity contribution in [1.29, 1.82) is 0 Å². The van der Waals surface area contributed by atoms with Gasteiger partial charge in [0.15, 0.2) is 5.82 Å². The Balaban J connectivity index is 2.19. The fourth-order valence-electron chi connectivity index (χ4n) is 2.03. The maximum atomic E-state index is 6.27. The first-order valence-corrected chi connectivity index (χ1v) is 7.33. The van der Waals surface area contributed by atoms with Crippen LogP contribution < -0.4 is 5.73 Å². The quantitative estimate of drug-likeness (QED) is 0.705. The Morgan fingerprint density at radius 2 is 2.00 bits per heavy atom. The summed E-state index contributed by atoms with van der Waals surface area (Å²) in [6.45, 7) is 1.99. The molecule has 0 spiro atoms. The van der Waals surface area contributed by atoms with Gasteiger partial charge in [0, 0.05) is 15.7 Å². The van der Waals surface area contributed by atoms with E-state index in [0.717, 1.165) is 15.6 Å². The highest BCUT2D eigenvalue weighted by Crippen LogP contribution is 2.30. The van der Waals surface area contributed by atoms with Gasteiger partial charge in [-0.3, -0.25) is 0 Å². The summed E-state index contributed by atoms with van der Waals surface area (Å²) in [7, 11) is 0. The molecule has 1 aromatic heterocycles. The number of benzene rings is 2. The molecule has 1 heterocycles. The lowest BCUT2D eigenvalue weighted by Crippen LogP contribution is -2.02. The minimum atomic E-state index is 0.546. The summed E-state index contributed by atoms with van der Waals surface area (Å²) in [5.41, 5.74) is 9.21. The normalized spacial score (nSPS) is 10.8. The minimum absolute atomic E-state index is 0.546. The number of nitrogens with two attached hydrogens (primary N) is 1. The molecular weight excluding hydrogens is 354 g/mol. The van der Waals surface area contributed by atoms with Gasteiger partial charge in [0.2, 0.25) is 0 Å². The van der Waals surface area contributed by atoms with Gasteiger partial charge in [0.25, 0.3) is 0 Å². The van der Waals surface area contributed by atoms with Gasteiger partial charge in [-0.15, -0.1) is 5.10 Å². The molecule has 0 aliphatic heterocycles. The van der Waals surface area contributed by atoms with Crippen LogP contribution in [0.2, 0.25) is 5.02 Å². The van der Waals surface area contributed by atoms with Crippen LogP contribution in [0.5, 0.6) is 0 Å². The van der Waals surface area contributed by atoms with Gasteiger partial charge in [0.05, 0.1) is 10.7 Å². The van der Waals surface area contributed by atoms with Crippen molar-refractivity contribution in [2.75, 3.05) is 5.73 Å². The van der Waals surface area contributed by atoms with E-state index in [2.05, 4.69) is 31.5 Å². The van der Waals surface area contributed by atoms with Crippen molar-refractivity contribution in [3.63, 3.8) is 0 Å². The van der Waals surface area contributed by atoms with E-state index >= 15 is 0 Å². The van der Waals surface area contributed by atoms with E-state index in [1.54, 1.807) is 10.7 Å². The van der Waals surface area contributed by atoms with E-state index in [1.807, 2.05) is 37.3 Å². The Morgan fingerprint density at radius 1 is 1.19 bits per heavy atom. The predicted molar refractivity (Wildman–Crippen MR) is 86.4 cm³/mol. The molecule has 2 N–H and O–H groups in total. The van der Waals surface area contributed by atoms with E-state index in [0.29, 0.717) is 22.2 Å². The molecule has 5 nitrogen and oxygen atoms in total. The van der Waals surface area contributed by atoms with Gasteiger partial charge >= 0.3 is 0 Å². The number of hydrogen-bond donors (Lipinski definition) is 1. The van der Waals surface area contributed by atoms with E-state index in [4.69, 9.17) is 17.3 Å². The summed E-state index contributed by atoms with van der Waals surface area (Å²) in [6.07, 6.45) is 0. The second kappa shape index (κ2) is 5.46. The van der Waals surface area contributed by atoms with Crippen LogP contribution in [-0.2, 0) is 0 Å². The lowest BCUT2D eigenvalue weighted by atomic mass is 10.1. The molecule has 2 aromatic carbocycles. The van der Waals surface area contributed by atoms with Crippen molar-refractivity contribution in [2.45, 2.75) is 6.92 Å². The van der Waals surface area contributed by atoms with Crippen molar-refractivity contribution < 1.29 is 0 Å². The Labute approximate surface area is 134 Å². The highest BCUT2D eigenvalue weighted by Gasteiger charge is 2.15. The molecule has 0 bridgehead atoms. The molecule has 0 amide bonds. The summed E-state index contributed by atoms with van der Waals surface area (Å²) in [5, 5.41) is 12.4. The number of rotatable bonds is 2. The van der Waals surface area contributed by atoms with E-state index in [9.17, 15) is 0 Å². The monoisotopic (exact) mass is 363 g/mol. The molecule has 0 fully saturated rings. The van der Waals surface area contributed by atoms with Crippen LogP contribution in [0.1, 0.15) is 5.56 Å². The van der Waals surface area contributed by atoms with Crippen LogP contribution in [0.4, 0.5) is 5.69 Å². The number of halogens is 2. The van der Waals surface area contributed by atoms with Crippen molar-refractivity contribution in [3.8, 4) is 17.1 Å². The average molecular weight is 365 g/mol. The first-order chi connectivity index (χ1) is 10.1. The minimum Gasteiger partial charge on any atom is -0.398 e. The smallest absolute Gasteiger partial charge is 0.189 e. The summed E-state index contributed by atoms with van der Waals surface area (Å²) in [4.78, 5) is 0. The van der Waals surface area contributed by atoms with Gasteiger partial charge in [-0.1, -0.05) is 39.2 Å². The lowest BCUT2D eigenvalue weighted by Gasteiger charge is -2.09. The Hall–Kier alpha value is -1.92.